The molecule has 1 N–H and O–H groups in total. The number of H-pyrrole nitrogens is 1. The van der Waals surface area contributed by atoms with Crippen LogP contribution in [0.3, 0.4) is 0 Å². The van der Waals surface area contributed by atoms with Crippen molar-refractivity contribution in [3.63, 3.8) is 0 Å². The van der Waals surface area contributed by atoms with E-state index < -0.39 is 11.9 Å². The molecule has 0 bridgehead atoms. The van der Waals surface area contributed by atoms with Crippen LogP contribution in [0.5, 0.6) is 0 Å². The molecule has 0 radical (unpaired) electrons. The van der Waals surface area contributed by atoms with Gasteiger partial charge in [-0.05, 0) is 37.1 Å². The quantitative estimate of drug-likeness (QED) is 0.470. The Kier molecular flexibility index (Phi) is 5.93. The maximum absolute atomic E-state index is 13.2. The summed E-state index contributed by atoms with van der Waals surface area (Å²) in [5.74, 6) is -1.31. The van der Waals surface area contributed by atoms with Gasteiger partial charge in [0.25, 0.3) is 5.91 Å². The van der Waals surface area contributed by atoms with Crippen LogP contribution in [-0.4, -0.2) is 41.9 Å². The molecule has 7 heteroatoms. The van der Waals surface area contributed by atoms with Gasteiger partial charge < -0.3 is 9.72 Å². The highest BCUT2D eigenvalue weighted by Crippen LogP contribution is 2.26. The van der Waals surface area contributed by atoms with Crippen LogP contribution in [-0.2, 0) is 20.7 Å². The lowest BCUT2D eigenvalue weighted by Gasteiger charge is -2.14. The predicted molar refractivity (Wildman–Crippen MR) is 121 cm³/mol. The number of esters is 1. The summed E-state index contributed by atoms with van der Waals surface area (Å²) < 4.78 is 4.79. The van der Waals surface area contributed by atoms with Crippen molar-refractivity contribution in [2.24, 2.45) is 16.0 Å². The van der Waals surface area contributed by atoms with Crippen LogP contribution >= 0.6 is 0 Å². The molecule has 1 amide bonds. The van der Waals surface area contributed by atoms with Crippen LogP contribution in [0.4, 0.5) is 5.69 Å². The summed E-state index contributed by atoms with van der Waals surface area (Å²) in [6.45, 7) is 2.35. The van der Waals surface area contributed by atoms with Crippen molar-refractivity contribution in [2.75, 3.05) is 18.7 Å². The topological polar surface area (TPSA) is 87.1 Å². The van der Waals surface area contributed by atoms with Crippen molar-refractivity contribution in [3.8, 4) is 0 Å². The van der Waals surface area contributed by atoms with E-state index in [9.17, 15) is 9.59 Å². The van der Waals surface area contributed by atoms with Gasteiger partial charge in [0, 0.05) is 29.4 Å². The third-order valence-corrected chi connectivity index (χ3v) is 5.41. The monoisotopic (exact) mass is 416 g/mol. The maximum Gasteiger partial charge on any atom is 0.311 e. The van der Waals surface area contributed by atoms with E-state index >= 15 is 0 Å². The van der Waals surface area contributed by atoms with E-state index in [1.807, 2.05) is 61.7 Å². The molecule has 0 aliphatic carbocycles. The highest BCUT2D eigenvalue weighted by molar-refractivity contribution is 6.30. The van der Waals surface area contributed by atoms with Gasteiger partial charge in [-0.3, -0.25) is 14.6 Å². The number of carbonyl (C=O) groups is 2. The minimum atomic E-state index is -0.665. The number of ether oxygens (including phenoxy) is 1. The number of hydrogen-bond acceptors (Lipinski definition) is 5. The molecule has 3 aromatic rings. The number of nitrogens with one attached hydrogen (secondary N) is 1. The normalized spacial score (nSPS) is 16.6. The highest BCUT2D eigenvalue weighted by atomic mass is 16.5. The molecular formula is C24H24N4O3. The zero-order chi connectivity index (χ0) is 21.8. The van der Waals surface area contributed by atoms with Crippen molar-refractivity contribution >= 4 is 39.9 Å². The van der Waals surface area contributed by atoms with Crippen molar-refractivity contribution in [1.29, 1.82) is 0 Å². The Hall–Kier alpha value is -3.74. The van der Waals surface area contributed by atoms with Gasteiger partial charge in [-0.2, -0.15) is 10.1 Å². The molecule has 2 heterocycles. The van der Waals surface area contributed by atoms with Crippen LogP contribution in [0.2, 0.25) is 0 Å². The van der Waals surface area contributed by atoms with Crippen LogP contribution in [0.25, 0.3) is 10.9 Å². The van der Waals surface area contributed by atoms with Gasteiger partial charge in [0.2, 0.25) is 0 Å². The summed E-state index contributed by atoms with van der Waals surface area (Å²) in [7, 11) is 1.33. The molecule has 1 aliphatic rings. The van der Waals surface area contributed by atoms with Crippen molar-refractivity contribution in [3.05, 3.63) is 66.4 Å². The second-order valence-corrected chi connectivity index (χ2v) is 7.40. The summed E-state index contributed by atoms with van der Waals surface area (Å²) >= 11 is 0. The molecule has 1 atom stereocenters. The van der Waals surface area contributed by atoms with Gasteiger partial charge in [0.05, 0.1) is 24.9 Å². The van der Waals surface area contributed by atoms with E-state index in [-0.39, 0.29) is 12.3 Å². The number of aliphatic imine (C=N–C) groups is 1. The molecule has 0 saturated heterocycles. The predicted octanol–water partition coefficient (Wildman–Crippen LogP) is 3.75. The van der Waals surface area contributed by atoms with E-state index in [0.29, 0.717) is 23.7 Å². The number of anilines is 1. The fourth-order valence-electron chi connectivity index (χ4n) is 3.81. The zero-order valence-electron chi connectivity index (χ0n) is 17.5. The first kappa shape index (κ1) is 20.5. The van der Waals surface area contributed by atoms with Gasteiger partial charge in [-0.25, -0.2) is 0 Å². The average molecular weight is 416 g/mol. The van der Waals surface area contributed by atoms with Gasteiger partial charge in [-0.1, -0.05) is 36.4 Å². The minimum Gasteiger partial charge on any atom is -0.469 e. The summed E-state index contributed by atoms with van der Waals surface area (Å²) in [6.07, 6.45) is 2.69. The number of nitrogens with zero attached hydrogens (tertiary/aromatic N) is 3. The molecule has 158 valence electrons. The summed E-state index contributed by atoms with van der Waals surface area (Å²) in [6, 6.07) is 17.3. The van der Waals surface area contributed by atoms with Gasteiger partial charge in [0.15, 0.2) is 0 Å². The van der Waals surface area contributed by atoms with Gasteiger partial charge in [-0.15, -0.1) is 0 Å². The van der Waals surface area contributed by atoms with E-state index in [0.717, 1.165) is 11.9 Å². The highest BCUT2D eigenvalue weighted by Gasteiger charge is 2.39. The fourth-order valence-corrected chi connectivity index (χ4v) is 3.81. The molecule has 2 aromatic carbocycles. The number of amides is 1. The summed E-state index contributed by atoms with van der Waals surface area (Å²) in [5.41, 5.74) is 4.03. The van der Waals surface area contributed by atoms with Crippen LogP contribution in [0, 0.1) is 5.92 Å². The molecule has 1 aromatic heterocycles. The van der Waals surface area contributed by atoms with Crippen molar-refractivity contribution in [2.45, 2.75) is 19.8 Å². The van der Waals surface area contributed by atoms with Crippen LogP contribution < -0.4 is 5.01 Å². The Morgan fingerprint density at radius 1 is 1.16 bits per heavy atom. The van der Waals surface area contributed by atoms with Gasteiger partial charge in [0.1, 0.15) is 5.92 Å². The Labute approximate surface area is 180 Å². The Morgan fingerprint density at radius 3 is 2.68 bits per heavy atom. The largest absolute Gasteiger partial charge is 0.469 e. The molecule has 0 saturated carbocycles. The molecular weight excluding hydrogens is 392 g/mol. The van der Waals surface area contributed by atoms with E-state index in [1.165, 1.54) is 23.1 Å². The van der Waals surface area contributed by atoms with Crippen LogP contribution in [0.1, 0.15) is 18.9 Å². The number of methoxy groups -OCH3 is 1. The maximum atomic E-state index is 13.2. The molecule has 1 aliphatic heterocycles. The Balaban J connectivity index is 1.54. The number of carbonyl (C=O) groups excluding carboxylic acids is 2. The third kappa shape index (κ3) is 4.26. The number of hydrazone groups is 1. The van der Waals surface area contributed by atoms with Crippen molar-refractivity contribution in [1.82, 2.24) is 4.98 Å². The molecule has 4 rings (SSSR count). The zero-order valence-corrected chi connectivity index (χ0v) is 17.5. The number of aromatic amines is 1. The Bertz CT molecular complexity index is 1160. The third-order valence-electron chi connectivity index (χ3n) is 5.41. The van der Waals surface area contributed by atoms with Crippen LogP contribution in [0.15, 0.2) is 70.9 Å². The number of hydrogen-bond donors (Lipinski definition) is 1. The molecule has 0 fully saturated rings. The number of benzene rings is 2. The first-order valence-electron chi connectivity index (χ1n) is 10.2. The number of fused-ring (bicyclic) bond motifs is 1. The van der Waals surface area contributed by atoms with Gasteiger partial charge >= 0.3 is 5.97 Å². The smallest absolute Gasteiger partial charge is 0.311 e. The molecule has 7 nitrogen and oxygen atoms in total. The van der Waals surface area contributed by atoms with E-state index in [2.05, 4.69) is 21.1 Å². The number of aromatic nitrogens is 1. The standard InChI is InChI=1S/C24H24N4O3/c1-16(25-13-12-17-15-26-20-11-7-6-10-19(17)20)23-21(14-22(29)31-2)27-28(24(23)30)18-8-4-3-5-9-18/h3-11,15,23,26H,12-14H2,1-2H3. The second kappa shape index (κ2) is 8.95. The first-order chi connectivity index (χ1) is 15.1. The second-order valence-electron chi connectivity index (χ2n) is 7.40. The first-order valence-corrected chi connectivity index (χ1v) is 10.2. The minimum absolute atomic E-state index is 0.0501. The number of para-hydroxylation sites is 2. The molecule has 0 spiro atoms. The summed E-state index contributed by atoms with van der Waals surface area (Å²) in [4.78, 5) is 33.0. The SMILES string of the molecule is COC(=O)CC1=NN(c2ccccc2)C(=O)C1C(C)=NCCc1c[nH]c2ccccc12. The summed E-state index contributed by atoms with van der Waals surface area (Å²) in [5, 5.41) is 6.97. The number of rotatable bonds is 7. The fraction of sp³-hybridized carbons (Fsp3) is 0.250. The Morgan fingerprint density at radius 2 is 1.90 bits per heavy atom. The lowest BCUT2D eigenvalue weighted by molar-refractivity contribution is -0.139. The average Bonchev–Trinajstić information content (AvgIpc) is 3.35. The molecule has 1 unspecified atom stereocenters. The van der Waals surface area contributed by atoms with E-state index in [1.54, 1.807) is 0 Å². The molecule has 31 heavy (non-hydrogen) atoms. The lowest BCUT2D eigenvalue weighted by Crippen LogP contribution is -2.33. The van der Waals surface area contributed by atoms with Crippen molar-refractivity contribution < 1.29 is 14.3 Å². The lowest BCUT2D eigenvalue weighted by atomic mass is 9.96. The van der Waals surface area contributed by atoms with E-state index in [4.69, 9.17) is 4.74 Å².